The third kappa shape index (κ3) is 4.85. The first-order chi connectivity index (χ1) is 13.0. The number of sulfonamides is 1. The van der Waals surface area contributed by atoms with E-state index >= 15 is 0 Å². The fraction of sp³-hybridized carbons (Fsp3) is 0.263. The van der Waals surface area contributed by atoms with Gasteiger partial charge in [0, 0.05) is 24.3 Å². The molecule has 1 aliphatic rings. The molecule has 27 heavy (non-hydrogen) atoms. The molecule has 0 saturated carbocycles. The Balaban J connectivity index is 1.64. The van der Waals surface area contributed by atoms with Gasteiger partial charge in [-0.15, -0.1) is 0 Å². The maximum atomic E-state index is 12.4. The number of likely N-dealkylation sites (tertiary alicyclic amines) is 1. The van der Waals surface area contributed by atoms with Crippen LogP contribution in [0.25, 0.3) is 0 Å². The summed E-state index contributed by atoms with van der Waals surface area (Å²) in [4.78, 5) is 26.2. The molecule has 3 rings (SSSR count). The Hall–Kier alpha value is -2.87. The van der Waals surface area contributed by atoms with Crippen molar-refractivity contribution in [3.63, 3.8) is 0 Å². The zero-order valence-corrected chi connectivity index (χ0v) is 15.5. The van der Waals surface area contributed by atoms with Crippen LogP contribution in [0.15, 0.2) is 59.5 Å². The Labute approximate surface area is 158 Å². The lowest BCUT2D eigenvalue weighted by Crippen LogP contribution is -2.38. The first-order valence-corrected chi connectivity index (χ1v) is 10.2. The Morgan fingerprint density at radius 3 is 2.37 bits per heavy atom. The van der Waals surface area contributed by atoms with Crippen LogP contribution < -0.4 is 10.0 Å². The van der Waals surface area contributed by atoms with E-state index in [9.17, 15) is 18.0 Å². The SMILES string of the molecule is O=C(NCC(=O)N1CCCC1)c1cccc(NS(=O)(=O)c2ccccc2)c1. The van der Waals surface area contributed by atoms with Crippen LogP contribution in [0.3, 0.4) is 0 Å². The molecule has 2 N–H and O–H groups in total. The van der Waals surface area contributed by atoms with Crippen LogP contribution in [0.5, 0.6) is 0 Å². The highest BCUT2D eigenvalue weighted by atomic mass is 32.2. The molecular formula is C19H21N3O4S. The van der Waals surface area contributed by atoms with Crippen molar-refractivity contribution in [2.24, 2.45) is 0 Å². The first kappa shape index (κ1) is 18.9. The molecule has 1 aliphatic heterocycles. The lowest BCUT2D eigenvalue weighted by atomic mass is 10.2. The van der Waals surface area contributed by atoms with Gasteiger partial charge in [0.2, 0.25) is 5.91 Å². The summed E-state index contributed by atoms with van der Waals surface area (Å²) in [5.41, 5.74) is 0.551. The van der Waals surface area contributed by atoms with E-state index in [0.29, 0.717) is 0 Å². The Bertz CT molecular complexity index is 923. The number of amides is 2. The minimum atomic E-state index is -3.74. The maximum Gasteiger partial charge on any atom is 0.261 e. The number of nitrogens with zero attached hydrogens (tertiary/aromatic N) is 1. The lowest BCUT2D eigenvalue weighted by Gasteiger charge is -2.15. The van der Waals surface area contributed by atoms with E-state index in [4.69, 9.17) is 0 Å². The molecule has 1 heterocycles. The molecule has 2 amide bonds. The fourth-order valence-corrected chi connectivity index (χ4v) is 3.94. The van der Waals surface area contributed by atoms with Gasteiger partial charge in [0.15, 0.2) is 0 Å². The second-order valence-corrected chi connectivity index (χ2v) is 7.95. The van der Waals surface area contributed by atoms with Crippen molar-refractivity contribution in [3.8, 4) is 0 Å². The molecule has 2 aromatic rings. The topological polar surface area (TPSA) is 95.6 Å². The van der Waals surface area contributed by atoms with Gasteiger partial charge in [-0.05, 0) is 43.2 Å². The van der Waals surface area contributed by atoms with Gasteiger partial charge < -0.3 is 10.2 Å². The van der Waals surface area contributed by atoms with Crippen molar-refractivity contribution >= 4 is 27.5 Å². The van der Waals surface area contributed by atoms with Crippen LogP contribution in [-0.2, 0) is 14.8 Å². The highest BCUT2D eigenvalue weighted by Crippen LogP contribution is 2.17. The lowest BCUT2D eigenvalue weighted by molar-refractivity contribution is -0.129. The summed E-state index contributed by atoms with van der Waals surface area (Å²) < 4.78 is 27.2. The van der Waals surface area contributed by atoms with E-state index in [1.807, 2.05) is 0 Å². The Morgan fingerprint density at radius 1 is 0.963 bits per heavy atom. The summed E-state index contributed by atoms with van der Waals surface area (Å²) in [7, 11) is -3.74. The quantitative estimate of drug-likeness (QED) is 0.791. The molecule has 0 atom stereocenters. The molecule has 0 radical (unpaired) electrons. The average Bonchev–Trinajstić information content (AvgIpc) is 3.21. The smallest absolute Gasteiger partial charge is 0.261 e. The van der Waals surface area contributed by atoms with Crippen LogP contribution in [0.1, 0.15) is 23.2 Å². The number of hydrogen-bond acceptors (Lipinski definition) is 4. The van der Waals surface area contributed by atoms with Crippen molar-refractivity contribution < 1.29 is 18.0 Å². The van der Waals surface area contributed by atoms with E-state index in [0.717, 1.165) is 25.9 Å². The predicted octanol–water partition coefficient (Wildman–Crippen LogP) is 1.84. The molecule has 0 aromatic heterocycles. The molecule has 8 heteroatoms. The Morgan fingerprint density at radius 2 is 1.67 bits per heavy atom. The van der Waals surface area contributed by atoms with Gasteiger partial charge in [0.05, 0.1) is 11.4 Å². The van der Waals surface area contributed by atoms with Gasteiger partial charge in [0.1, 0.15) is 0 Å². The van der Waals surface area contributed by atoms with E-state index in [2.05, 4.69) is 10.0 Å². The summed E-state index contributed by atoms with van der Waals surface area (Å²) in [5, 5.41) is 2.59. The number of carbonyl (C=O) groups excluding carboxylic acids is 2. The highest BCUT2D eigenvalue weighted by molar-refractivity contribution is 7.92. The fourth-order valence-electron chi connectivity index (χ4n) is 2.87. The summed E-state index contributed by atoms with van der Waals surface area (Å²) in [6, 6.07) is 14.1. The largest absolute Gasteiger partial charge is 0.343 e. The van der Waals surface area contributed by atoms with Gasteiger partial charge in [-0.25, -0.2) is 8.42 Å². The first-order valence-electron chi connectivity index (χ1n) is 8.70. The molecular weight excluding hydrogens is 366 g/mol. The highest BCUT2D eigenvalue weighted by Gasteiger charge is 2.19. The van der Waals surface area contributed by atoms with Crippen molar-refractivity contribution in [3.05, 3.63) is 60.2 Å². The standard InChI is InChI=1S/C19H21N3O4S/c23-18(22-11-4-5-12-22)14-20-19(24)15-7-6-8-16(13-15)21-27(25,26)17-9-2-1-3-10-17/h1-3,6-10,13,21H,4-5,11-12,14H2,(H,20,24). The van der Waals surface area contributed by atoms with Crippen LogP contribution in [-0.4, -0.2) is 44.8 Å². The normalized spacial score (nSPS) is 14.0. The molecule has 0 spiro atoms. The van der Waals surface area contributed by atoms with Crippen molar-refractivity contribution in [2.75, 3.05) is 24.4 Å². The third-order valence-electron chi connectivity index (χ3n) is 4.29. The van der Waals surface area contributed by atoms with Crippen LogP contribution >= 0.6 is 0 Å². The second kappa shape index (κ2) is 8.22. The van der Waals surface area contributed by atoms with E-state index in [1.165, 1.54) is 18.2 Å². The van der Waals surface area contributed by atoms with Gasteiger partial charge in [-0.1, -0.05) is 24.3 Å². The van der Waals surface area contributed by atoms with Gasteiger partial charge in [0.25, 0.3) is 15.9 Å². The maximum absolute atomic E-state index is 12.4. The monoisotopic (exact) mass is 387 g/mol. The van der Waals surface area contributed by atoms with Crippen molar-refractivity contribution in [1.29, 1.82) is 0 Å². The number of carbonyl (C=O) groups is 2. The van der Waals surface area contributed by atoms with E-state index in [1.54, 1.807) is 41.3 Å². The number of benzene rings is 2. The molecule has 0 unspecified atom stereocenters. The molecule has 1 saturated heterocycles. The number of anilines is 1. The van der Waals surface area contributed by atoms with Crippen LogP contribution in [0, 0.1) is 0 Å². The van der Waals surface area contributed by atoms with E-state index in [-0.39, 0.29) is 28.6 Å². The molecule has 0 aliphatic carbocycles. The summed E-state index contributed by atoms with van der Waals surface area (Å²) >= 11 is 0. The molecule has 1 fully saturated rings. The minimum absolute atomic E-state index is 0.0706. The summed E-state index contributed by atoms with van der Waals surface area (Å²) in [5.74, 6) is -0.537. The van der Waals surface area contributed by atoms with Crippen molar-refractivity contribution in [1.82, 2.24) is 10.2 Å². The van der Waals surface area contributed by atoms with Gasteiger partial charge >= 0.3 is 0 Å². The molecule has 142 valence electrons. The third-order valence-corrected chi connectivity index (χ3v) is 5.69. The molecule has 7 nitrogen and oxygen atoms in total. The number of hydrogen-bond donors (Lipinski definition) is 2. The summed E-state index contributed by atoms with van der Waals surface area (Å²) in [6.07, 6.45) is 1.98. The van der Waals surface area contributed by atoms with Crippen LogP contribution in [0.4, 0.5) is 5.69 Å². The molecule has 2 aromatic carbocycles. The molecule has 0 bridgehead atoms. The Kier molecular flexibility index (Phi) is 5.75. The summed E-state index contributed by atoms with van der Waals surface area (Å²) in [6.45, 7) is 1.38. The van der Waals surface area contributed by atoms with Crippen LogP contribution in [0.2, 0.25) is 0 Å². The minimum Gasteiger partial charge on any atom is -0.343 e. The second-order valence-electron chi connectivity index (χ2n) is 6.27. The zero-order chi connectivity index (χ0) is 19.3. The van der Waals surface area contributed by atoms with E-state index < -0.39 is 15.9 Å². The predicted molar refractivity (Wildman–Crippen MR) is 102 cm³/mol. The average molecular weight is 387 g/mol. The number of nitrogens with one attached hydrogen (secondary N) is 2. The zero-order valence-electron chi connectivity index (χ0n) is 14.7. The van der Waals surface area contributed by atoms with Gasteiger partial charge in [-0.3, -0.25) is 14.3 Å². The van der Waals surface area contributed by atoms with Gasteiger partial charge in [-0.2, -0.15) is 0 Å². The van der Waals surface area contributed by atoms with Crippen molar-refractivity contribution in [2.45, 2.75) is 17.7 Å². The number of rotatable bonds is 6.